The maximum Gasteiger partial charge on any atom is 0.244 e. The Hall–Kier alpha value is -3.07. The Kier molecular flexibility index (Phi) is 9.37. The SMILES string of the molecule is CCC(C(=O)NC1CCCC1)N(Cc1cccc(OC)c1)C(=O)CN(c1ccccc1C)S(C)(=O)=O. The summed E-state index contributed by atoms with van der Waals surface area (Å²) in [5.41, 5.74) is 1.97. The molecule has 9 heteroatoms. The molecular weight excluding hydrogens is 478 g/mol. The molecule has 196 valence electrons. The van der Waals surface area contributed by atoms with Gasteiger partial charge in [0.05, 0.1) is 19.1 Å². The first kappa shape index (κ1) is 27.5. The number of aryl methyl sites for hydroxylation is 1. The van der Waals surface area contributed by atoms with Crippen LogP contribution in [0, 0.1) is 6.92 Å². The molecule has 0 bridgehead atoms. The van der Waals surface area contributed by atoms with Crippen LogP contribution >= 0.6 is 0 Å². The number of benzene rings is 2. The fraction of sp³-hybridized carbons (Fsp3) is 0.481. The Morgan fingerprint density at radius 1 is 1.11 bits per heavy atom. The number of methoxy groups -OCH3 is 1. The summed E-state index contributed by atoms with van der Waals surface area (Å²) in [6, 6.07) is 13.7. The van der Waals surface area contributed by atoms with Crippen molar-refractivity contribution in [3.63, 3.8) is 0 Å². The molecule has 0 saturated heterocycles. The Morgan fingerprint density at radius 2 is 1.81 bits per heavy atom. The molecular formula is C27H37N3O5S. The highest BCUT2D eigenvalue weighted by molar-refractivity contribution is 7.92. The molecule has 1 atom stereocenters. The molecule has 1 saturated carbocycles. The van der Waals surface area contributed by atoms with E-state index in [0.717, 1.165) is 47.4 Å². The average molecular weight is 516 g/mol. The highest BCUT2D eigenvalue weighted by Crippen LogP contribution is 2.24. The van der Waals surface area contributed by atoms with Gasteiger partial charge in [-0.3, -0.25) is 13.9 Å². The number of ether oxygens (including phenoxy) is 1. The number of carbonyl (C=O) groups is 2. The van der Waals surface area contributed by atoms with E-state index < -0.39 is 28.5 Å². The number of amides is 2. The van der Waals surface area contributed by atoms with Crippen molar-refractivity contribution in [1.82, 2.24) is 10.2 Å². The van der Waals surface area contributed by atoms with Crippen LogP contribution in [0.2, 0.25) is 0 Å². The minimum absolute atomic E-state index is 0.111. The van der Waals surface area contributed by atoms with Gasteiger partial charge in [0.25, 0.3) is 0 Å². The van der Waals surface area contributed by atoms with Gasteiger partial charge in [-0.05, 0) is 55.5 Å². The molecule has 1 aliphatic rings. The van der Waals surface area contributed by atoms with Crippen molar-refractivity contribution in [2.24, 2.45) is 0 Å². The van der Waals surface area contributed by atoms with E-state index in [1.165, 1.54) is 4.90 Å². The van der Waals surface area contributed by atoms with E-state index >= 15 is 0 Å². The third kappa shape index (κ3) is 7.00. The number of rotatable bonds is 11. The Labute approximate surface area is 214 Å². The minimum Gasteiger partial charge on any atom is -0.497 e. The van der Waals surface area contributed by atoms with Gasteiger partial charge in [0, 0.05) is 12.6 Å². The Morgan fingerprint density at radius 3 is 2.42 bits per heavy atom. The van der Waals surface area contributed by atoms with Crippen LogP contribution in [0.1, 0.15) is 50.2 Å². The lowest BCUT2D eigenvalue weighted by molar-refractivity contribution is -0.140. The second-order valence-corrected chi connectivity index (χ2v) is 11.3. The van der Waals surface area contributed by atoms with E-state index in [9.17, 15) is 18.0 Å². The summed E-state index contributed by atoms with van der Waals surface area (Å²) in [5, 5.41) is 3.11. The van der Waals surface area contributed by atoms with Crippen molar-refractivity contribution in [3.8, 4) is 5.75 Å². The molecule has 8 nitrogen and oxygen atoms in total. The highest BCUT2D eigenvalue weighted by Gasteiger charge is 2.33. The molecule has 0 radical (unpaired) electrons. The minimum atomic E-state index is -3.76. The van der Waals surface area contributed by atoms with Crippen LogP contribution in [-0.2, 0) is 26.2 Å². The first-order valence-electron chi connectivity index (χ1n) is 12.4. The largest absolute Gasteiger partial charge is 0.497 e. The van der Waals surface area contributed by atoms with Gasteiger partial charge in [0.2, 0.25) is 21.8 Å². The molecule has 3 rings (SSSR count). The van der Waals surface area contributed by atoms with E-state index in [1.807, 2.05) is 37.3 Å². The zero-order valence-corrected chi connectivity index (χ0v) is 22.4. The van der Waals surface area contributed by atoms with Gasteiger partial charge in [-0.15, -0.1) is 0 Å². The predicted molar refractivity (Wildman–Crippen MR) is 141 cm³/mol. The summed E-state index contributed by atoms with van der Waals surface area (Å²) in [5.74, 6) is -0.0107. The standard InChI is InChI=1S/C27H37N3O5S/c1-5-24(27(32)28-22-13-7-8-14-22)29(18-21-12-10-15-23(17-21)35-3)26(31)19-30(36(4,33)34)25-16-9-6-11-20(25)2/h6,9-12,15-17,22,24H,5,7-8,13-14,18-19H2,1-4H3,(H,28,32). The number of hydrogen-bond donors (Lipinski definition) is 1. The molecule has 0 heterocycles. The van der Waals surface area contributed by atoms with Gasteiger partial charge < -0.3 is 15.0 Å². The molecule has 36 heavy (non-hydrogen) atoms. The first-order chi connectivity index (χ1) is 17.1. The van der Waals surface area contributed by atoms with Crippen LogP contribution in [0.15, 0.2) is 48.5 Å². The molecule has 1 aliphatic carbocycles. The molecule has 2 amide bonds. The quantitative estimate of drug-likeness (QED) is 0.493. The second kappa shape index (κ2) is 12.3. The number of carbonyl (C=O) groups excluding carboxylic acids is 2. The van der Waals surface area contributed by atoms with Crippen LogP contribution in [0.25, 0.3) is 0 Å². The molecule has 2 aromatic rings. The number of para-hydroxylation sites is 1. The predicted octanol–water partition coefficient (Wildman–Crippen LogP) is 3.64. The van der Waals surface area contributed by atoms with E-state index in [-0.39, 0.29) is 18.5 Å². The summed E-state index contributed by atoms with van der Waals surface area (Å²) < 4.78 is 31.9. The van der Waals surface area contributed by atoms with Crippen LogP contribution in [0.5, 0.6) is 5.75 Å². The first-order valence-corrected chi connectivity index (χ1v) is 14.2. The average Bonchev–Trinajstić information content (AvgIpc) is 3.35. The molecule has 0 aliphatic heterocycles. The van der Waals surface area contributed by atoms with Gasteiger partial charge in [-0.25, -0.2) is 8.42 Å². The van der Waals surface area contributed by atoms with Gasteiger partial charge in [0.1, 0.15) is 18.3 Å². The third-order valence-corrected chi connectivity index (χ3v) is 7.76. The number of nitrogens with zero attached hydrogens (tertiary/aromatic N) is 2. The lowest BCUT2D eigenvalue weighted by Gasteiger charge is -2.33. The lowest BCUT2D eigenvalue weighted by Crippen LogP contribution is -2.53. The van der Waals surface area contributed by atoms with Gasteiger partial charge in [-0.2, -0.15) is 0 Å². The van der Waals surface area contributed by atoms with Crippen molar-refractivity contribution >= 4 is 27.5 Å². The molecule has 1 unspecified atom stereocenters. The zero-order chi connectivity index (χ0) is 26.3. The maximum absolute atomic E-state index is 13.8. The lowest BCUT2D eigenvalue weighted by atomic mass is 10.1. The van der Waals surface area contributed by atoms with Crippen molar-refractivity contribution in [2.45, 2.75) is 64.6 Å². The fourth-order valence-electron chi connectivity index (χ4n) is 4.69. The van der Waals surface area contributed by atoms with Crippen molar-refractivity contribution in [3.05, 3.63) is 59.7 Å². The van der Waals surface area contributed by atoms with Crippen molar-refractivity contribution in [2.75, 3.05) is 24.2 Å². The van der Waals surface area contributed by atoms with Crippen LogP contribution < -0.4 is 14.4 Å². The van der Waals surface area contributed by atoms with E-state index in [1.54, 1.807) is 32.2 Å². The Balaban J connectivity index is 1.94. The summed E-state index contributed by atoms with van der Waals surface area (Å²) in [6.07, 6.45) is 5.50. The van der Waals surface area contributed by atoms with Crippen LogP contribution in [-0.4, -0.2) is 57.1 Å². The molecule has 2 aromatic carbocycles. The van der Waals surface area contributed by atoms with E-state index in [2.05, 4.69) is 5.32 Å². The number of nitrogens with one attached hydrogen (secondary N) is 1. The summed E-state index contributed by atoms with van der Waals surface area (Å²) in [6.45, 7) is 3.41. The molecule has 0 aromatic heterocycles. The second-order valence-electron chi connectivity index (χ2n) is 9.34. The Bertz CT molecular complexity index is 1160. The smallest absolute Gasteiger partial charge is 0.244 e. The molecule has 0 spiro atoms. The van der Waals surface area contributed by atoms with E-state index in [4.69, 9.17) is 4.74 Å². The monoisotopic (exact) mass is 515 g/mol. The molecule has 1 fully saturated rings. The highest BCUT2D eigenvalue weighted by atomic mass is 32.2. The zero-order valence-electron chi connectivity index (χ0n) is 21.6. The summed E-state index contributed by atoms with van der Waals surface area (Å²) >= 11 is 0. The molecule has 1 N–H and O–H groups in total. The van der Waals surface area contributed by atoms with Gasteiger partial charge >= 0.3 is 0 Å². The maximum atomic E-state index is 13.8. The van der Waals surface area contributed by atoms with Crippen molar-refractivity contribution in [1.29, 1.82) is 0 Å². The van der Waals surface area contributed by atoms with Crippen LogP contribution in [0.4, 0.5) is 5.69 Å². The summed E-state index contributed by atoms with van der Waals surface area (Å²) in [4.78, 5) is 28.6. The van der Waals surface area contributed by atoms with Crippen LogP contribution in [0.3, 0.4) is 0 Å². The normalized spacial score (nSPS) is 14.8. The van der Waals surface area contributed by atoms with E-state index in [0.29, 0.717) is 17.9 Å². The number of hydrogen-bond acceptors (Lipinski definition) is 5. The van der Waals surface area contributed by atoms with Gasteiger partial charge in [0.15, 0.2) is 0 Å². The van der Waals surface area contributed by atoms with Crippen molar-refractivity contribution < 1.29 is 22.7 Å². The number of anilines is 1. The number of sulfonamides is 1. The van der Waals surface area contributed by atoms with Gasteiger partial charge in [-0.1, -0.05) is 50.1 Å². The topological polar surface area (TPSA) is 96.0 Å². The third-order valence-electron chi connectivity index (χ3n) is 6.64. The summed E-state index contributed by atoms with van der Waals surface area (Å²) in [7, 11) is -2.19. The fourth-order valence-corrected chi connectivity index (χ4v) is 5.60.